The molecular formula is C29H55N3O5S. The molecule has 0 saturated carbocycles. The molecule has 0 aromatic carbocycles. The zero-order valence-electron chi connectivity index (χ0n) is 25.0. The van der Waals surface area contributed by atoms with Gasteiger partial charge >= 0.3 is 0 Å². The van der Waals surface area contributed by atoms with Crippen LogP contribution in [0.2, 0.25) is 0 Å². The molecule has 1 fully saturated rings. The van der Waals surface area contributed by atoms with Crippen LogP contribution >= 0.6 is 0 Å². The van der Waals surface area contributed by atoms with Gasteiger partial charge in [-0.3, -0.25) is 14.2 Å². The fraction of sp³-hybridized carbons (Fsp3) is 0.931. The average Bonchev–Trinajstić information content (AvgIpc) is 2.77. The zero-order valence-corrected chi connectivity index (χ0v) is 25.8. The van der Waals surface area contributed by atoms with E-state index in [9.17, 15) is 18.5 Å². The first kappa shape index (κ1) is 34.8. The third-order valence-corrected chi connectivity index (χ3v) is 8.16. The van der Waals surface area contributed by atoms with E-state index in [1.54, 1.807) is 13.8 Å². The lowest BCUT2D eigenvalue weighted by Gasteiger charge is -2.55. The number of nitrogens with zero attached hydrogens (tertiary/aromatic N) is 2. The summed E-state index contributed by atoms with van der Waals surface area (Å²) in [5.41, 5.74) is -1.51. The molecule has 1 aliphatic heterocycles. The second kappa shape index (κ2) is 16.2. The molecule has 1 rings (SSSR count). The van der Waals surface area contributed by atoms with Gasteiger partial charge in [-0.25, -0.2) is 0 Å². The first-order valence-corrected chi connectivity index (χ1v) is 16.3. The van der Waals surface area contributed by atoms with E-state index in [4.69, 9.17) is 9.39 Å². The quantitative estimate of drug-likeness (QED) is 0.134. The summed E-state index contributed by atoms with van der Waals surface area (Å²) in [6.07, 6.45) is 16.3. The number of unbranched alkanes of at least 4 members (excludes halogenated alkanes) is 12. The molecule has 0 unspecified atom stereocenters. The summed E-state index contributed by atoms with van der Waals surface area (Å²) < 4.78 is 30.0. The summed E-state index contributed by atoms with van der Waals surface area (Å²) in [5, 5.41) is 14.6. The van der Waals surface area contributed by atoms with Gasteiger partial charge in [0.05, 0.1) is 11.8 Å². The predicted octanol–water partition coefficient (Wildman–Crippen LogP) is 6.71. The molecule has 2 N–H and O–H groups in total. The van der Waals surface area contributed by atoms with Crippen molar-refractivity contribution in [2.45, 2.75) is 167 Å². The van der Waals surface area contributed by atoms with Crippen LogP contribution < -0.4 is 5.32 Å². The van der Waals surface area contributed by atoms with Gasteiger partial charge in [-0.05, 0) is 67.2 Å². The van der Waals surface area contributed by atoms with E-state index in [1.807, 2.05) is 5.06 Å². The Hall–Kier alpha value is -1.21. The summed E-state index contributed by atoms with van der Waals surface area (Å²) in [5.74, 6) is 0.0131. The van der Waals surface area contributed by atoms with Crippen molar-refractivity contribution in [1.82, 2.24) is 10.4 Å². The maximum absolute atomic E-state index is 12.6. The number of nitrogens with one attached hydrogen (secondary N) is 1. The van der Waals surface area contributed by atoms with Crippen molar-refractivity contribution in [2.24, 2.45) is 0 Å². The number of hydrogen-bond donors (Lipinski definition) is 2. The predicted molar refractivity (Wildman–Crippen MR) is 153 cm³/mol. The summed E-state index contributed by atoms with van der Waals surface area (Å²) in [6.45, 7) is 12.0. The summed E-state index contributed by atoms with van der Waals surface area (Å²) in [7, 11) is -3.80. The largest absolute Gasteiger partial charge is 0.353 e. The molecule has 0 spiro atoms. The van der Waals surface area contributed by atoms with Crippen LogP contribution in [0.3, 0.4) is 0 Å². The molecule has 0 aromatic heterocycles. The van der Waals surface area contributed by atoms with E-state index < -0.39 is 15.7 Å². The van der Waals surface area contributed by atoms with Gasteiger partial charge in [-0.15, -0.1) is 0 Å². The molecule has 0 aliphatic carbocycles. The third-order valence-electron chi connectivity index (χ3n) is 7.35. The Kier molecular flexibility index (Phi) is 14.8. The van der Waals surface area contributed by atoms with Crippen molar-refractivity contribution >= 4 is 16.0 Å². The molecule has 222 valence electrons. The third kappa shape index (κ3) is 14.8. The SMILES string of the molecule is CC(C)(C#N)ON1C(C)(C)CC(NC(=O)CCCCCCCCCCCCCCCS(=O)(=O)O)CC1(C)C. The smallest absolute Gasteiger partial charge is 0.264 e. The van der Waals surface area contributed by atoms with Crippen LogP contribution in [-0.4, -0.2) is 52.4 Å². The molecule has 0 aromatic rings. The summed E-state index contributed by atoms with van der Waals surface area (Å²) in [6, 6.07) is 2.31. The lowest BCUT2D eigenvalue weighted by Crippen LogP contribution is -2.65. The minimum atomic E-state index is -3.80. The second-order valence-corrected chi connectivity index (χ2v) is 14.5. The molecular weight excluding hydrogens is 502 g/mol. The van der Waals surface area contributed by atoms with Gasteiger partial charge in [0.2, 0.25) is 5.91 Å². The fourth-order valence-corrected chi connectivity index (χ4v) is 6.24. The molecule has 9 heteroatoms. The highest BCUT2D eigenvalue weighted by Crippen LogP contribution is 2.40. The molecule has 1 heterocycles. The van der Waals surface area contributed by atoms with Gasteiger partial charge in [0.1, 0.15) is 0 Å². The molecule has 0 atom stereocenters. The Labute approximate surface area is 233 Å². The number of carbonyl (C=O) groups excluding carboxylic acids is 1. The zero-order chi connectivity index (χ0) is 28.9. The van der Waals surface area contributed by atoms with Gasteiger partial charge < -0.3 is 5.32 Å². The summed E-state index contributed by atoms with van der Waals surface area (Å²) >= 11 is 0. The van der Waals surface area contributed by atoms with Crippen molar-refractivity contribution in [3.63, 3.8) is 0 Å². The number of hydroxylamine groups is 2. The van der Waals surface area contributed by atoms with Crippen LogP contribution in [0.5, 0.6) is 0 Å². The van der Waals surface area contributed by atoms with Gasteiger partial charge in [-0.2, -0.15) is 18.7 Å². The van der Waals surface area contributed by atoms with Crippen LogP contribution in [0.15, 0.2) is 0 Å². The maximum Gasteiger partial charge on any atom is 0.264 e. The normalized spacial score (nSPS) is 18.3. The molecule has 38 heavy (non-hydrogen) atoms. The summed E-state index contributed by atoms with van der Waals surface area (Å²) in [4.78, 5) is 18.7. The molecule has 1 saturated heterocycles. The molecule has 8 nitrogen and oxygen atoms in total. The van der Waals surface area contributed by atoms with Crippen LogP contribution in [0, 0.1) is 11.3 Å². The lowest BCUT2D eigenvalue weighted by atomic mass is 9.78. The van der Waals surface area contributed by atoms with Crippen molar-refractivity contribution < 1.29 is 22.6 Å². The van der Waals surface area contributed by atoms with Crippen molar-refractivity contribution in [1.29, 1.82) is 5.26 Å². The van der Waals surface area contributed by atoms with Gasteiger partial charge in [-0.1, -0.05) is 70.6 Å². The minimum absolute atomic E-state index is 0.0919. The molecule has 0 bridgehead atoms. The highest BCUT2D eigenvalue weighted by molar-refractivity contribution is 7.85. The van der Waals surface area contributed by atoms with Crippen molar-refractivity contribution in [2.75, 3.05) is 5.75 Å². The van der Waals surface area contributed by atoms with Gasteiger partial charge in [0, 0.05) is 23.5 Å². The number of rotatable bonds is 19. The first-order chi connectivity index (χ1) is 17.6. The Morgan fingerprint density at radius 1 is 0.895 bits per heavy atom. The fourth-order valence-electron chi connectivity index (χ4n) is 5.68. The molecule has 0 radical (unpaired) electrons. The second-order valence-electron chi connectivity index (χ2n) is 12.9. The van der Waals surface area contributed by atoms with E-state index in [1.165, 1.54) is 44.9 Å². The van der Waals surface area contributed by atoms with E-state index >= 15 is 0 Å². The van der Waals surface area contributed by atoms with Crippen molar-refractivity contribution in [3.8, 4) is 6.07 Å². The highest BCUT2D eigenvalue weighted by Gasteiger charge is 2.48. The topological polar surface area (TPSA) is 120 Å². The van der Waals surface area contributed by atoms with E-state index in [2.05, 4.69) is 39.1 Å². The minimum Gasteiger partial charge on any atom is -0.353 e. The van der Waals surface area contributed by atoms with E-state index in [-0.39, 0.29) is 28.8 Å². The van der Waals surface area contributed by atoms with Crippen LogP contribution in [0.25, 0.3) is 0 Å². The first-order valence-electron chi connectivity index (χ1n) is 14.7. The van der Waals surface area contributed by atoms with Crippen LogP contribution in [0.1, 0.15) is 144 Å². The highest BCUT2D eigenvalue weighted by atomic mass is 32.2. The Bertz CT molecular complexity index is 831. The van der Waals surface area contributed by atoms with Crippen LogP contribution in [0.4, 0.5) is 0 Å². The number of amides is 1. The van der Waals surface area contributed by atoms with Crippen molar-refractivity contribution in [3.05, 3.63) is 0 Å². The van der Waals surface area contributed by atoms with Gasteiger partial charge in [0.15, 0.2) is 5.60 Å². The number of nitriles is 1. The lowest BCUT2D eigenvalue weighted by molar-refractivity contribution is -0.318. The van der Waals surface area contributed by atoms with E-state index in [0.717, 1.165) is 44.9 Å². The Morgan fingerprint density at radius 3 is 1.68 bits per heavy atom. The monoisotopic (exact) mass is 557 g/mol. The van der Waals surface area contributed by atoms with Gasteiger partial charge in [0.25, 0.3) is 10.1 Å². The number of piperidine rings is 1. The Morgan fingerprint density at radius 2 is 1.29 bits per heavy atom. The molecule has 1 aliphatic rings. The Balaban J connectivity index is 2.11. The number of hydrogen-bond acceptors (Lipinski definition) is 6. The standard InChI is InChI=1S/C29H55N3O5S/c1-27(2)22-25(23-28(3,4)32(27)37-29(5,6)24-30)31-26(33)20-18-16-14-12-10-8-7-9-11-13-15-17-19-21-38(34,35)36/h25H,7-23H2,1-6H3,(H,31,33)(H,34,35,36). The van der Waals surface area contributed by atoms with Crippen LogP contribution in [-0.2, 0) is 19.8 Å². The average molecular weight is 558 g/mol. The number of carbonyl (C=O) groups is 1. The molecule has 1 amide bonds. The maximum atomic E-state index is 12.6. The van der Waals surface area contributed by atoms with E-state index in [0.29, 0.717) is 12.8 Å².